The van der Waals surface area contributed by atoms with Gasteiger partial charge < -0.3 is 4.74 Å². The van der Waals surface area contributed by atoms with Crippen molar-refractivity contribution >= 4 is 5.91 Å². The van der Waals surface area contributed by atoms with Crippen LogP contribution in [0.25, 0.3) is 0 Å². The van der Waals surface area contributed by atoms with E-state index in [1.807, 2.05) is 6.92 Å². The molecular formula is C14H21NO3. The number of carbonyl (C=O) groups excluding carboxylic acids is 1. The maximum absolute atomic E-state index is 11.5. The molecule has 1 aromatic rings. The second kappa shape index (κ2) is 7.71. The topological polar surface area (TPSA) is 47.6 Å². The van der Waals surface area contributed by atoms with Gasteiger partial charge in [0, 0.05) is 5.56 Å². The third-order valence-corrected chi connectivity index (χ3v) is 2.39. The first-order valence-electron chi connectivity index (χ1n) is 6.28. The Balaban J connectivity index is 2.44. The SMILES string of the molecule is CCONC(=O)c1ccc(OCCC(C)C)cc1. The number of hydrogen-bond donors (Lipinski definition) is 1. The van der Waals surface area contributed by atoms with Gasteiger partial charge in [0.1, 0.15) is 5.75 Å². The fourth-order valence-electron chi connectivity index (χ4n) is 1.31. The highest BCUT2D eigenvalue weighted by atomic mass is 16.6. The Morgan fingerprint density at radius 1 is 1.28 bits per heavy atom. The summed E-state index contributed by atoms with van der Waals surface area (Å²) in [7, 11) is 0. The number of rotatable bonds is 7. The van der Waals surface area contributed by atoms with Crippen molar-refractivity contribution in [3.63, 3.8) is 0 Å². The third-order valence-electron chi connectivity index (χ3n) is 2.39. The summed E-state index contributed by atoms with van der Waals surface area (Å²) in [5, 5.41) is 0. The van der Waals surface area contributed by atoms with Crippen molar-refractivity contribution in [2.75, 3.05) is 13.2 Å². The minimum atomic E-state index is -0.245. The highest BCUT2D eigenvalue weighted by molar-refractivity contribution is 5.93. The Kier molecular flexibility index (Phi) is 6.22. The van der Waals surface area contributed by atoms with E-state index in [0.29, 0.717) is 24.7 Å². The summed E-state index contributed by atoms with van der Waals surface area (Å²) < 4.78 is 5.57. The number of benzene rings is 1. The first-order chi connectivity index (χ1) is 8.63. The van der Waals surface area contributed by atoms with Crippen LogP contribution in [0.1, 0.15) is 37.6 Å². The summed E-state index contributed by atoms with van der Waals surface area (Å²) >= 11 is 0. The second-order valence-corrected chi connectivity index (χ2v) is 4.42. The standard InChI is InChI=1S/C14H21NO3/c1-4-18-15-14(16)12-5-7-13(8-6-12)17-10-9-11(2)3/h5-8,11H,4,9-10H2,1-3H3,(H,15,16). The van der Waals surface area contributed by atoms with Gasteiger partial charge >= 0.3 is 0 Å². The zero-order valence-corrected chi connectivity index (χ0v) is 11.2. The predicted octanol–water partition coefficient (Wildman–Crippen LogP) is 2.79. The van der Waals surface area contributed by atoms with E-state index < -0.39 is 0 Å². The van der Waals surface area contributed by atoms with Gasteiger partial charge in [-0.05, 0) is 43.5 Å². The molecule has 0 saturated carbocycles. The Hall–Kier alpha value is -1.55. The number of hydrogen-bond acceptors (Lipinski definition) is 3. The van der Waals surface area contributed by atoms with E-state index in [-0.39, 0.29) is 5.91 Å². The number of nitrogens with one attached hydrogen (secondary N) is 1. The molecule has 0 heterocycles. The summed E-state index contributed by atoms with van der Waals surface area (Å²) in [5.74, 6) is 1.16. The van der Waals surface area contributed by atoms with Gasteiger partial charge in [0.15, 0.2) is 0 Å². The van der Waals surface area contributed by atoms with Crippen LogP contribution >= 0.6 is 0 Å². The molecule has 0 atom stereocenters. The van der Waals surface area contributed by atoms with Crippen molar-refractivity contribution < 1.29 is 14.4 Å². The van der Waals surface area contributed by atoms with E-state index >= 15 is 0 Å². The first-order valence-corrected chi connectivity index (χ1v) is 6.28. The van der Waals surface area contributed by atoms with Crippen molar-refractivity contribution in [1.29, 1.82) is 0 Å². The highest BCUT2D eigenvalue weighted by Crippen LogP contribution is 2.13. The minimum Gasteiger partial charge on any atom is -0.494 e. The van der Waals surface area contributed by atoms with Crippen LogP contribution in [0, 0.1) is 5.92 Å². The molecule has 4 nitrogen and oxygen atoms in total. The van der Waals surface area contributed by atoms with Crippen molar-refractivity contribution in [3.8, 4) is 5.75 Å². The van der Waals surface area contributed by atoms with Gasteiger partial charge in [-0.3, -0.25) is 9.63 Å². The molecule has 1 rings (SSSR count). The maximum Gasteiger partial charge on any atom is 0.274 e. The molecule has 0 aliphatic carbocycles. The fraction of sp³-hybridized carbons (Fsp3) is 0.500. The Labute approximate surface area is 108 Å². The summed E-state index contributed by atoms with van der Waals surface area (Å²) in [4.78, 5) is 16.4. The largest absolute Gasteiger partial charge is 0.494 e. The summed E-state index contributed by atoms with van der Waals surface area (Å²) in [6, 6.07) is 7.03. The molecule has 0 unspecified atom stereocenters. The van der Waals surface area contributed by atoms with Gasteiger partial charge in [-0.15, -0.1) is 0 Å². The lowest BCUT2D eigenvalue weighted by molar-refractivity contribution is 0.0364. The molecule has 18 heavy (non-hydrogen) atoms. The number of amides is 1. The lowest BCUT2D eigenvalue weighted by atomic mass is 10.1. The first kappa shape index (κ1) is 14.5. The highest BCUT2D eigenvalue weighted by Gasteiger charge is 2.05. The normalized spacial score (nSPS) is 10.4. The van der Waals surface area contributed by atoms with Crippen LogP contribution in [0.5, 0.6) is 5.75 Å². The summed E-state index contributed by atoms with van der Waals surface area (Å²) in [5.41, 5.74) is 2.90. The number of carbonyl (C=O) groups is 1. The van der Waals surface area contributed by atoms with E-state index in [1.165, 1.54) is 0 Å². The Morgan fingerprint density at radius 3 is 2.50 bits per heavy atom. The maximum atomic E-state index is 11.5. The predicted molar refractivity (Wildman–Crippen MR) is 70.5 cm³/mol. The smallest absolute Gasteiger partial charge is 0.274 e. The van der Waals surface area contributed by atoms with Crippen molar-refractivity contribution in [2.45, 2.75) is 27.2 Å². The van der Waals surface area contributed by atoms with Crippen LogP contribution in [0.15, 0.2) is 24.3 Å². The van der Waals surface area contributed by atoms with E-state index in [2.05, 4.69) is 19.3 Å². The van der Waals surface area contributed by atoms with Gasteiger partial charge in [-0.25, -0.2) is 5.48 Å². The summed E-state index contributed by atoms with van der Waals surface area (Å²) in [6.07, 6.45) is 1.02. The molecule has 0 fully saturated rings. The van der Waals surface area contributed by atoms with Gasteiger partial charge in [0.2, 0.25) is 0 Å². The van der Waals surface area contributed by atoms with Crippen molar-refractivity contribution in [2.24, 2.45) is 5.92 Å². The quantitative estimate of drug-likeness (QED) is 0.758. The molecular weight excluding hydrogens is 230 g/mol. The number of ether oxygens (including phenoxy) is 1. The van der Waals surface area contributed by atoms with E-state index in [4.69, 9.17) is 9.57 Å². The van der Waals surface area contributed by atoms with E-state index in [9.17, 15) is 4.79 Å². The Morgan fingerprint density at radius 2 is 1.94 bits per heavy atom. The molecule has 0 saturated heterocycles. The lowest BCUT2D eigenvalue weighted by Crippen LogP contribution is -2.23. The molecule has 0 spiro atoms. The zero-order chi connectivity index (χ0) is 13.4. The molecule has 0 aliphatic heterocycles. The van der Waals surface area contributed by atoms with Gasteiger partial charge in [-0.1, -0.05) is 13.8 Å². The zero-order valence-electron chi connectivity index (χ0n) is 11.2. The van der Waals surface area contributed by atoms with Crippen LogP contribution in [0.4, 0.5) is 0 Å². The van der Waals surface area contributed by atoms with Crippen molar-refractivity contribution in [3.05, 3.63) is 29.8 Å². The van der Waals surface area contributed by atoms with Crippen LogP contribution in [-0.4, -0.2) is 19.1 Å². The van der Waals surface area contributed by atoms with Crippen LogP contribution in [0.2, 0.25) is 0 Å². The van der Waals surface area contributed by atoms with Crippen LogP contribution in [-0.2, 0) is 4.84 Å². The van der Waals surface area contributed by atoms with Crippen LogP contribution < -0.4 is 10.2 Å². The van der Waals surface area contributed by atoms with Crippen LogP contribution in [0.3, 0.4) is 0 Å². The molecule has 0 aliphatic rings. The van der Waals surface area contributed by atoms with Gasteiger partial charge in [0.05, 0.1) is 13.2 Å². The monoisotopic (exact) mass is 251 g/mol. The van der Waals surface area contributed by atoms with E-state index in [1.54, 1.807) is 24.3 Å². The van der Waals surface area contributed by atoms with Gasteiger partial charge in [-0.2, -0.15) is 0 Å². The molecule has 1 aromatic carbocycles. The van der Waals surface area contributed by atoms with Crippen molar-refractivity contribution in [1.82, 2.24) is 5.48 Å². The average molecular weight is 251 g/mol. The fourth-order valence-corrected chi connectivity index (χ4v) is 1.31. The molecule has 1 N–H and O–H groups in total. The average Bonchev–Trinajstić information content (AvgIpc) is 2.36. The second-order valence-electron chi connectivity index (χ2n) is 4.42. The van der Waals surface area contributed by atoms with E-state index in [0.717, 1.165) is 12.2 Å². The molecule has 0 bridgehead atoms. The minimum absolute atomic E-state index is 0.245. The third kappa shape index (κ3) is 5.19. The Bertz CT molecular complexity index is 360. The van der Waals surface area contributed by atoms with Gasteiger partial charge in [0.25, 0.3) is 5.91 Å². The molecule has 100 valence electrons. The molecule has 4 heteroatoms. The summed E-state index contributed by atoms with van der Waals surface area (Å²) in [6.45, 7) is 7.27. The molecule has 0 radical (unpaired) electrons. The molecule has 1 amide bonds. The lowest BCUT2D eigenvalue weighted by Gasteiger charge is -2.08. The molecule has 0 aromatic heterocycles. The number of hydroxylamine groups is 1.